The third-order valence-corrected chi connectivity index (χ3v) is 2.21. The van der Waals surface area contributed by atoms with Gasteiger partial charge in [0.05, 0.1) is 6.04 Å². The van der Waals surface area contributed by atoms with E-state index < -0.39 is 0 Å². The van der Waals surface area contributed by atoms with Gasteiger partial charge < -0.3 is 10.1 Å². The van der Waals surface area contributed by atoms with Crippen LogP contribution in [-0.4, -0.2) is 18.9 Å². The summed E-state index contributed by atoms with van der Waals surface area (Å²) < 4.78 is 0. The molecule has 2 unspecified atom stereocenters. The average Bonchev–Trinajstić information content (AvgIpc) is 2.36. The third-order valence-electron chi connectivity index (χ3n) is 2.21. The average molecular weight is 141 g/mol. The first-order valence-electron chi connectivity index (χ1n) is 4.07. The van der Waals surface area contributed by atoms with Crippen LogP contribution >= 0.6 is 0 Å². The lowest BCUT2D eigenvalue weighted by Gasteiger charge is -2.11. The smallest absolute Gasteiger partial charge is 0.137 e. The van der Waals surface area contributed by atoms with Gasteiger partial charge in [0.1, 0.15) is 6.29 Å². The van der Waals surface area contributed by atoms with Crippen molar-refractivity contribution in [3.63, 3.8) is 0 Å². The maximum atomic E-state index is 10.4. The normalized spacial score (nSPS) is 32.5. The predicted molar refractivity (Wildman–Crippen MR) is 40.9 cm³/mol. The summed E-state index contributed by atoms with van der Waals surface area (Å²) in [6.45, 7) is 3.19. The molecule has 0 aromatic rings. The highest BCUT2D eigenvalue weighted by molar-refractivity contribution is 5.58. The highest BCUT2D eigenvalue weighted by Crippen LogP contribution is 2.18. The Morgan fingerprint density at radius 3 is 3.10 bits per heavy atom. The molecular formula is C8H15NO. The summed E-state index contributed by atoms with van der Waals surface area (Å²) in [4.78, 5) is 10.4. The Hall–Kier alpha value is -0.370. The van der Waals surface area contributed by atoms with Crippen molar-refractivity contribution in [2.45, 2.75) is 32.2 Å². The van der Waals surface area contributed by atoms with E-state index in [2.05, 4.69) is 12.2 Å². The van der Waals surface area contributed by atoms with Gasteiger partial charge >= 0.3 is 0 Å². The molecule has 0 aromatic heterocycles. The van der Waals surface area contributed by atoms with Crippen molar-refractivity contribution in [2.75, 3.05) is 6.54 Å². The Morgan fingerprint density at radius 1 is 1.70 bits per heavy atom. The lowest BCUT2D eigenvalue weighted by atomic mass is 9.97. The van der Waals surface area contributed by atoms with Crippen LogP contribution in [0.4, 0.5) is 0 Å². The molecule has 1 heterocycles. The second kappa shape index (κ2) is 3.71. The second-order valence-electron chi connectivity index (χ2n) is 2.95. The zero-order chi connectivity index (χ0) is 7.40. The van der Waals surface area contributed by atoms with Crippen molar-refractivity contribution in [1.82, 2.24) is 5.32 Å². The minimum absolute atomic E-state index is 0.153. The molecule has 2 nitrogen and oxygen atoms in total. The Kier molecular flexibility index (Phi) is 2.87. The van der Waals surface area contributed by atoms with E-state index in [0.717, 1.165) is 12.8 Å². The Bertz CT molecular complexity index is 114. The number of hydrogen-bond acceptors (Lipinski definition) is 2. The van der Waals surface area contributed by atoms with Crippen molar-refractivity contribution in [1.29, 1.82) is 0 Å². The molecule has 1 N–H and O–H groups in total. The summed E-state index contributed by atoms with van der Waals surface area (Å²) in [6.07, 6.45) is 4.61. The van der Waals surface area contributed by atoms with Gasteiger partial charge in [0.15, 0.2) is 0 Å². The predicted octanol–water partition coefficient (Wildman–Crippen LogP) is 0.963. The minimum atomic E-state index is 0.153. The van der Waals surface area contributed by atoms with E-state index in [1.54, 1.807) is 0 Å². The number of aldehydes is 1. The van der Waals surface area contributed by atoms with Gasteiger partial charge in [-0.3, -0.25) is 0 Å². The first kappa shape index (κ1) is 7.73. The fraction of sp³-hybridized carbons (Fsp3) is 0.875. The molecular weight excluding hydrogens is 126 g/mol. The van der Waals surface area contributed by atoms with E-state index in [1.807, 2.05) is 0 Å². The molecule has 10 heavy (non-hydrogen) atoms. The molecule has 1 aliphatic heterocycles. The standard InChI is InChI=1S/C8H15NO/c1-2-3-7-4-5-9-8(7)6-10/h6-9H,2-5H2,1H3. The SMILES string of the molecule is CCCC1CCNC1C=O. The van der Waals surface area contributed by atoms with Crippen LogP contribution in [0.25, 0.3) is 0 Å². The van der Waals surface area contributed by atoms with Crippen molar-refractivity contribution < 1.29 is 4.79 Å². The fourth-order valence-electron chi connectivity index (χ4n) is 1.64. The van der Waals surface area contributed by atoms with E-state index in [9.17, 15) is 4.79 Å². The molecule has 58 valence electrons. The molecule has 1 aliphatic rings. The monoisotopic (exact) mass is 141 g/mol. The van der Waals surface area contributed by atoms with Crippen LogP contribution < -0.4 is 5.32 Å². The van der Waals surface area contributed by atoms with Gasteiger partial charge in [-0.25, -0.2) is 0 Å². The van der Waals surface area contributed by atoms with Crippen LogP contribution in [0.3, 0.4) is 0 Å². The van der Waals surface area contributed by atoms with Crippen molar-refractivity contribution >= 4 is 6.29 Å². The van der Waals surface area contributed by atoms with Crippen molar-refractivity contribution in [3.8, 4) is 0 Å². The Labute approximate surface area is 62.0 Å². The van der Waals surface area contributed by atoms with E-state index in [-0.39, 0.29) is 6.04 Å². The molecule has 2 atom stereocenters. The van der Waals surface area contributed by atoms with Crippen molar-refractivity contribution in [2.24, 2.45) is 5.92 Å². The van der Waals surface area contributed by atoms with Gasteiger partial charge in [0, 0.05) is 0 Å². The van der Waals surface area contributed by atoms with Crippen LogP contribution in [0.15, 0.2) is 0 Å². The van der Waals surface area contributed by atoms with Gasteiger partial charge in [-0.2, -0.15) is 0 Å². The zero-order valence-corrected chi connectivity index (χ0v) is 6.47. The number of carbonyl (C=O) groups is 1. The summed E-state index contributed by atoms with van der Waals surface area (Å²) in [7, 11) is 0. The van der Waals surface area contributed by atoms with Gasteiger partial charge in [-0.05, 0) is 25.3 Å². The van der Waals surface area contributed by atoms with E-state index in [0.29, 0.717) is 5.92 Å². The maximum Gasteiger partial charge on any atom is 0.137 e. The lowest BCUT2D eigenvalue weighted by Crippen LogP contribution is -2.28. The summed E-state index contributed by atoms with van der Waals surface area (Å²) >= 11 is 0. The summed E-state index contributed by atoms with van der Waals surface area (Å²) in [5, 5.41) is 3.17. The van der Waals surface area contributed by atoms with Crippen LogP contribution in [0.5, 0.6) is 0 Å². The Balaban J connectivity index is 2.34. The summed E-state index contributed by atoms with van der Waals surface area (Å²) in [5.74, 6) is 0.613. The summed E-state index contributed by atoms with van der Waals surface area (Å²) in [6, 6.07) is 0.153. The zero-order valence-electron chi connectivity index (χ0n) is 6.47. The number of nitrogens with one attached hydrogen (secondary N) is 1. The Morgan fingerprint density at radius 2 is 2.50 bits per heavy atom. The highest BCUT2D eigenvalue weighted by atomic mass is 16.1. The largest absolute Gasteiger partial charge is 0.307 e. The molecule has 2 heteroatoms. The van der Waals surface area contributed by atoms with Crippen molar-refractivity contribution in [3.05, 3.63) is 0 Å². The quantitative estimate of drug-likeness (QED) is 0.593. The van der Waals surface area contributed by atoms with Crippen LogP contribution in [0.2, 0.25) is 0 Å². The van der Waals surface area contributed by atoms with E-state index in [1.165, 1.54) is 19.3 Å². The molecule has 0 saturated carbocycles. The first-order chi connectivity index (χ1) is 4.88. The van der Waals surface area contributed by atoms with Crippen LogP contribution in [-0.2, 0) is 4.79 Å². The molecule has 0 aromatic carbocycles. The van der Waals surface area contributed by atoms with Crippen LogP contribution in [0, 0.1) is 5.92 Å². The number of carbonyl (C=O) groups excluding carboxylic acids is 1. The van der Waals surface area contributed by atoms with Gasteiger partial charge in [-0.15, -0.1) is 0 Å². The molecule has 0 bridgehead atoms. The van der Waals surface area contributed by atoms with Gasteiger partial charge in [0.2, 0.25) is 0 Å². The molecule has 1 saturated heterocycles. The third kappa shape index (κ3) is 1.57. The summed E-state index contributed by atoms with van der Waals surface area (Å²) in [5.41, 5.74) is 0. The van der Waals surface area contributed by atoms with Crippen LogP contribution in [0.1, 0.15) is 26.2 Å². The van der Waals surface area contributed by atoms with Gasteiger partial charge in [-0.1, -0.05) is 13.3 Å². The number of rotatable bonds is 3. The molecule has 0 spiro atoms. The number of hydrogen-bond donors (Lipinski definition) is 1. The highest BCUT2D eigenvalue weighted by Gasteiger charge is 2.24. The maximum absolute atomic E-state index is 10.4. The molecule has 0 radical (unpaired) electrons. The topological polar surface area (TPSA) is 29.1 Å². The molecule has 1 fully saturated rings. The van der Waals surface area contributed by atoms with E-state index in [4.69, 9.17) is 0 Å². The fourth-order valence-corrected chi connectivity index (χ4v) is 1.64. The second-order valence-corrected chi connectivity index (χ2v) is 2.95. The molecule has 0 amide bonds. The molecule has 0 aliphatic carbocycles. The molecule has 1 rings (SSSR count). The van der Waals surface area contributed by atoms with E-state index >= 15 is 0 Å². The van der Waals surface area contributed by atoms with Gasteiger partial charge in [0.25, 0.3) is 0 Å². The minimum Gasteiger partial charge on any atom is -0.307 e. The lowest BCUT2D eigenvalue weighted by molar-refractivity contribution is -0.110. The first-order valence-corrected chi connectivity index (χ1v) is 4.07.